The molecule has 1 saturated heterocycles. The van der Waals surface area contributed by atoms with Crippen LogP contribution in [0.5, 0.6) is 5.75 Å². The number of carbonyl (C=O) groups excluding carboxylic acids is 2. The van der Waals surface area contributed by atoms with Crippen molar-refractivity contribution in [1.82, 2.24) is 0 Å². The number of aliphatic hydroxyl groups excluding tert-OH is 1. The fourth-order valence-electron chi connectivity index (χ4n) is 4.04. The fourth-order valence-corrected chi connectivity index (χ4v) is 4.04. The molecule has 1 unspecified atom stereocenters. The number of hydrogen-bond donors (Lipinski definition) is 3. The number of methoxy groups -OCH3 is 1. The summed E-state index contributed by atoms with van der Waals surface area (Å²) in [6, 6.07) is 12.3. The molecule has 10 nitrogen and oxygen atoms in total. The number of benzene rings is 2. The van der Waals surface area contributed by atoms with E-state index in [1.165, 1.54) is 4.90 Å². The average molecular weight is 497 g/mol. The van der Waals surface area contributed by atoms with Crippen LogP contribution < -0.4 is 20.7 Å². The van der Waals surface area contributed by atoms with Crippen molar-refractivity contribution < 1.29 is 28.9 Å². The number of rotatable bonds is 9. The molecule has 2 aromatic carbocycles. The number of aliphatic hydroxyl groups is 1. The molecule has 4 rings (SSSR count). The molecule has 2 amide bonds. The topological polar surface area (TPSA) is 136 Å². The number of ether oxygens (including phenoxy) is 3. The number of hydrogen-bond acceptors (Lipinski definition) is 8. The summed E-state index contributed by atoms with van der Waals surface area (Å²) in [7, 11) is 1.65. The van der Waals surface area contributed by atoms with Gasteiger partial charge in [-0.1, -0.05) is 12.1 Å². The van der Waals surface area contributed by atoms with Crippen molar-refractivity contribution in [2.24, 2.45) is 10.7 Å². The zero-order valence-corrected chi connectivity index (χ0v) is 20.7. The lowest BCUT2D eigenvalue weighted by Gasteiger charge is -2.35. The Labute approximate surface area is 210 Å². The average Bonchev–Trinajstić information content (AvgIpc) is 3.24. The van der Waals surface area contributed by atoms with Gasteiger partial charge in [0.05, 0.1) is 31.0 Å². The Hall–Kier alpha value is -3.47. The minimum Gasteiger partial charge on any atom is -0.491 e. The number of amides is 2. The third-order valence-electron chi connectivity index (χ3n) is 6.42. The number of carbonyl (C=O) groups is 2. The smallest absolute Gasteiger partial charge is 0.259 e. The van der Waals surface area contributed by atoms with Crippen LogP contribution in [0.1, 0.15) is 31.4 Å². The highest BCUT2D eigenvalue weighted by Crippen LogP contribution is 2.31. The molecule has 0 aromatic heterocycles. The van der Waals surface area contributed by atoms with Crippen LogP contribution in [-0.4, -0.2) is 67.4 Å². The largest absolute Gasteiger partial charge is 0.491 e. The minimum absolute atomic E-state index is 0.154. The van der Waals surface area contributed by atoms with E-state index in [0.29, 0.717) is 42.5 Å². The lowest BCUT2D eigenvalue weighted by molar-refractivity contribution is -0.150. The summed E-state index contributed by atoms with van der Waals surface area (Å²) in [6.45, 7) is 5.17. The molecule has 192 valence electrons. The SMILES string of the molecule is COC(C)(C)CCOc1ccccc1N1CCO[C@H](C(O)C(=O)Nc2ccc3c(c2)CN=C3N)C1=O. The number of nitrogens with one attached hydrogen (secondary N) is 1. The number of aliphatic imine (C=N–C) groups is 1. The first-order valence-electron chi connectivity index (χ1n) is 11.8. The third-order valence-corrected chi connectivity index (χ3v) is 6.42. The predicted molar refractivity (Wildman–Crippen MR) is 135 cm³/mol. The molecule has 36 heavy (non-hydrogen) atoms. The Kier molecular flexibility index (Phi) is 7.58. The van der Waals surface area contributed by atoms with Crippen molar-refractivity contribution in [3.63, 3.8) is 0 Å². The molecule has 2 aliphatic heterocycles. The summed E-state index contributed by atoms with van der Waals surface area (Å²) < 4.78 is 16.9. The number of amidine groups is 1. The zero-order valence-electron chi connectivity index (χ0n) is 20.7. The van der Waals surface area contributed by atoms with Gasteiger partial charge in [0.1, 0.15) is 11.6 Å². The molecule has 4 N–H and O–H groups in total. The summed E-state index contributed by atoms with van der Waals surface area (Å²) in [6.07, 6.45) is -2.41. The summed E-state index contributed by atoms with van der Waals surface area (Å²) >= 11 is 0. The Morgan fingerprint density at radius 2 is 2.11 bits per heavy atom. The summed E-state index contributed by atoms with van der Waals surface area (Å²) in [5.74, 6) is -0.284. The lowest BCUT2D eigenvalue weighted by atomic mass is 10.1. The van der Waals surface area contributed by atoms with Crippen LogP contribution in [0, 0.1) is 0 Å². The molecule has 0 radical (unpaired) electrons. The van der Waals surface area contributed by atoms with Gasteiger partial charge in [0, 0.05) is 31.3 Å². The second kappa shape index (κ2) is 10.7. The normalized spacial score (nSPS) is 18.4. The number of para-hydroxylation sites is 2. The number of anilines is 2. The molecule has 0 bridgehead atoms. The van der Waals surface area contributed by atoms with Gasteiger partial charge in [-0.3, -0.25) is 14.6 Å². The van der Waals surface area contributed by atoms with E-state index in [2.05, 4.69) is 10.3 Å². The molecule has 2 aromatic rings. The van der Waals surface area contributed by atoms with Gasteiger partial charge in [-0.05, 0) is 49.7 Å². The maximum Gasteiger partial charge on any atom is 0.259 e. The molecule has 0 aliphatic carbocycles. The van der Waals surface area contributed by atoms with Crippen molar-refractivity contribution >= 4 is 29.0 Å². The van der Waals surface area contributed by atoms with Gasteiger partial charge in [-0.15, -0.1) is 0 Å². The molecule has 2 atom stereocenters. The second-order valence-electron chi connectivity index (χ2n) is 9.32. The van der Waals surface area contributed by atoms with E-state index < -0.39 is 24.0 Å². The standard InChI is InChI=1S/C26H32N4O6/c1-26(2,34-3)10-12-35-20-7-5-4-6-19(20)30-11-13-36-22(25(30)33)21(31)24(32)29-17-8-9-18-16(14-17)15-28-23(18)27/h4-9,14,21-22,31H,10-13,15H2,1-3H3,(H2,27,28)(H,29,32)/t21?,22-/m1/s1. The summed E-state index contributed by atoms with van der Waals surface area (Å²) in [4.78, 5) is 31.7. The van der Waals surface area contributed by atoms with Crippen LogP contribution in [-0.2, 0) is 25.6 Å². The monoisotopic (exact) mass is 496 g/mol. The molecule has 1 fully saturated rings. The van der Waals surface area contributed by atoms with E-state index in [1.807, 2.05) is 19.9 Å². The maximum absolute atomic E-state index is 13.3. The number of nitrogens with two attached hydrogens (primary N) is 1. The number of fused-ring (bicyclic) bond motifs is 1. The Morgan fingerprint density at radius 1 is 1.33 bits per heavy atom. The van der Waals surface area contributed by atoms with Gasteiger partial charge >= 0.3 is 0 Å². The van der Waals surface area contributed by atoms with Crippen LogP contribution in [0.15, 0.2) is 47.5 Å². The summed E-state index contributed by atoms with van der Waals surface area (Å²) in [5.41, 5.74) is 8.21. The molecule has 2 heterocycles. The van der Waals surface area contributed by atoms with Crippen LogP contribution in [0.3, 0.4) is 0 Å². The van der Waals surface area contributed by atoms with E-state index in [9.17, 15) is 14.7 Å². The van der Waals surface area contributed by atoms with Gasteiger partial charge in [-0.2, -0.15) is 0 Å². The van der Waals surface area contributed by atoms with Gasteiger partial charge in [-0.25, -0.2) is 0 Å². The molecule has 10 heteroatoms. The third kappa shape index (κ3) is 5.51. The van der Waals surface area contributed by atoms with E-state index in [1.54, 1.807) is 43.5 Å². The van der Waals surface area contributed by atoms with Crippen molar-refractivity contribution in [3.05, 3.63) is 53.6 Å². The van der Waals surface area contributed by atoms with E-state index in [0.717, 1.165) is 11.1 Å². The highest BCUT2D eigenvalue weighted by atomic mass is 16.5. The molecule has 0 spiro atoms. The molecule has 2 aliphatic rings. The van der Waals surface area contributed by atoms with E-state index in [-0.39, 0.29) is 18.8 Å². The first-order valence-corrected chi connectivity index (χ1v) is 11.8. The molecular weight excluding hydrogens is 464 g/mol. The quantitative estimate of drug-likeness (QED) is 0.482. The van der Waals surface area contributed by atoms with Crippen molar-refractivity contribution in [2.45, 2.75) is 44.6 Å². The number of morpholine rings is 1. The Morgan fingerprint density at radius 3 is 2.89 bits per heavy atom. The van der Waals surface area contributed by atoms with Gasteiger partial charge in [0.2, 0.25) is 0 Å². The minimum atomic E-state index is -1.70. The maximum atomic E-state index is 13.3. The summed E-state index contributed by atoms with van der Waals surface area (Å²) in [5, 5.41) is 13.4. The van der Waals surface area contributed by atoms with E-state index >= 15 is 0 Å². The fraction of sp³-hybridized carbons (Fsp3) is 0.423. The van der Waals surface area contributed by atoms with E-state index in [4.69, 9.17) is 19.9 Å². The van der Waals surface area contributed by atoms with Gasteiger partial charge in [0.15, 0.2) is 12.2 Å². The predicted octanol–water partition coefficient (Wildman–Crippen LogP) is 1.83. The first-order chi connectivity index (χ1) is 17.2. The lowest BCUT2D eigenvalue weighted by Crippen LogP contribution is -2.55. The van der Waals surface area contributed by atoms with Gasteiger partial charge < -0.3 is 35.3 Å². The zero-order chi connectivity index (χ0) is 25.9. The molecule has 0 saturated carbocycles. The molecular formula is C26H32N4O6. The Bertz CT molecular complexity index is 1160. The van der Waals surface area contributed by atoms with Crippen LogP contribution in [0.2, 0.25) is 0 Å². The highest BCUT2D eigenvalue weighted by molar-refractivity contribution is 6.05. The van der Waals surface area contributed by atoms with Crippen molar-refractivity contribution in [2.75, 3.05) is 37.1 Å². The van der Waals surface area contributed by atoms with Crippen LogP contribution in [0.4, 0.5) is 11.4 Å². The van der Waals surface area contributed by atoms with Crippen LogP contribution in [0.25, 0.3) is 0 Å². The van der Waals surface area contributed by atoms with Gasteiger partial charge in [0.25, 0.3) is 11.8 Å². The highest BCUT2D eigenvalue weighted by Gasteiger charge is 2.40. The Balaban J connectivity index is 1.43. The van der Waals surface area contributed by atoms with Crippen molar-refractivity contribution in [3.8, 4) is 5.75 Å². The first kappa shape index (κ1) is 25.6. The number of nitrogens with zero attached hydrogens (tertiary/aromatic N) is 2. The second-order valence-corrected chi connectivity index (χ2v) is 9.32. The van der Waals surface area contributed by atoms with Crippen LogP contribution >= 0.6 is 0 Å². The van der Waals surface area contributed by atoms with Crippen molar-refractivity contribution in [1.29, 1.82) is 0 Å².